The number of thiophene rings is 1. The fourth-order valence-electron chi connectivity index (χ4n) is 1.21. The topological polar surface area (TPSA) is 80.0 Å². The highest BCUT2D eigenvalue weighted by molar-refractivity contribution is 7.10. The van der Waals surface area contributed by atoms with E-state index in [0.717, 1.165) is 6.42 Å². The highest BCUT2D eigenvalue weighted by atomic mass is 32.1. The maximum absolute atomic E-state index is 5.65. The maximum atomic E-state index is 5.65. The number of guanidine groups is 2. The average Bonchev–Trinajstić information content (AvgIpc) is 2.64. The van der Waals surface area contributed by atoms with Crippen LogP contribution >= 0.6 is 11.3 Å². The Labute approximate surface area is 106 Å². The van der Waals surface area contributed by atoms with Crippen LogP contribution in [0.2, 0.25) is 0 Å². The highest BCUT2D eigenvalue weighted by Gasteiger charge is 1.99. The van der Waals surface area contributed by atoms with Crippen LogP contribution in [0.4, 0.5) is 0 Å². The predicted octanol–water partition coefficient (Wildman–Crippen LogP) is 0.790. The van der Waals surface area contributed by atoms with E-state index >= 15 is 0 Å². The van der Waals surface area contributed by atoms with E-state index in [1.807, 2.05) is 0 Å². The van der Waals surface area contributed by atoms with Crippen LogP contribution < -0.4 is 11.5 Å². The molecular formula is C11H19N5S. The summed E-state index contributed by atoms with van der Waals surface area (Å²) < 4.78 is 0. The second-order valence-electron chi connectivity index (χ2n) is 3.86. The summed E-state index contributed by atoms with van der Waals surface area (Å²) in [5, 5.41) is 2.08. The van der Waals surface area contributed by atoms with Gasteiger partial charge in [0.15, 0.2) is 5.96 Å². The van der Waals surface area contributed by atoms with Gasteiger partial charge in [0, 0.05) is 25.5 Å². The fraction of sp³-hybridized carbons (Fsp3) is 0.455. The molecule has 0 saturated carbocycles. The van der Waals surface area contributed by atoms with Crippen molar-refractivity contribution in [3.8, 4) is 0 Å². The zero-order valence-corrected chi connectivity index (χ0v) is 11.3. The number of aryl methyl sites for hydroxylation is 1. The molecule has 0 fully saturated rings. The molecule has 1 rings (SSSR count). The zero-order valence-electron chi connectivity index (χ0n) is 10.5. The Balaban J connectivity index is 2.49. The lowest BCUT2D eigenvalue weighted by Crippen LogP contribution is -2.32. The van der Waals surface area contributed by atoms with Crippen LogP contribution in [0.3, 0.4) is 0 Å². The number of nitrogens with zero attached hydrogens (tertiary/aromatic N) is 3. The summed E-state index contributed by atoms with van der Waals surface area (Å²) in [6, 6.07) is 2.11. The quantitative estimate of drug-likeness (QED) is 0.617. The van der Waals surface area contributed by atoms with Gasteiger partial charge in [-0.15, -0.1) is 11.3 Å². The van der Waals surface area contributed by atoms with Crippen molar-refractivity contribution in [2.45, 2.75) is 13.3 Å². The Hall–Kier alpha value is -1.56. The maximum Gasteiger partial charge on any atom is 0.218 e. The lowest BCUT2D eigenvalue weighted by molar-refractivity contribution is 0.615. The molecule has 0 radical (unpaired) electrons. The fourth-order valence-corrected chi connectivity index (χ4v) is 1.97. The monoisotopic (exact) mass is 253 g/mol. The molecule has 0 spiro atoms. The molecule has 1 heterocycles. The predicted molar refractivity (Wildman–Crippen MR) is 74.6 cm³/mol. The normalized spacial score (nSPS) is 12.9. The molecule has 0 aliphatic carbocycles. The molecule has 17 heavy (non-hydrogen) atoms. The standard InChI is InChI=1S/C11H19N5S/c1-8-9(5-7-17-8)4-6-14-10(12)15-11(13)16(2)3/h5,7H,4,6H2,1-3H3,(H4,12,13,14,15). The number of rotatable bonds is 3. The van der Waals surface area contributed by atoms with Crippen LogP contribution in [0.15, 0.2) is 21.4 Å². The number of nitrogens with two attached hydrogens (primary N) is 2. The van der Waals surface area contributed by atoms with Crippen molar-refractivity contribution in [2.24, 2.45) is 21.5 Å². The Morgan fingerprint density at radius 3 is 2.65 bits per heavy atom. The molecule has 1 aromatic rings. The Kier molecular flexibility index (Phi) is 4.96. The van der Waals surface area contributed by atoms with Crippen molar-refractivity contribution in [1.29, 1.82) is 0 Å². The van der Waals surface area contributed by atoms with Crippen LogP contribution in [0, 0.1) is 6.92 Å². The number of hydrogen-bond donors (Lipinski definition) is 2. The van der Waals surface area contributed by atoms with Gasteiger partial charge in [0.05, 0.1) is 0 Å². The van der Waals surface area contributed by atoms with Gasteiger partial charge in [0.25, 0.3) is 0 Å². The van der Waals surface area contributed by atoms with Gasteiger partial charge in [-0.2, -0.15) is 4.99 Å². The molecule has 0 aliphatic heterocycles. The minimum atomic E-state index is 0.226. The molecule has 0 atom stereocenters. The van der Waals surface area contributed by atoms with Gasteiger partial charge in [-0.05, 0) is 30.4 Å². The van der Waals surface area contributed by atoms with Crippen LogP contribution in [0.5, 0.6) is 0 Å². The van der Waals surface area contributed by atoms with Crippen molar-refractivity contribution >= 4 is 23.3 Å². The molecule has 0 aromatic carbocycles. The summed E-state index contributed by atoms with van der Waals surface area (Å²) in [7, 11) is 3.61. The summed E-state index contributed by atoms with van der Waals surface area (Å²) >= 11 is 1.74. The lowest BCUT2D eigenvalue weighted by Gasteiger charge is -2.09. The molecule has 0 bridgehead atoms. The second-order valence-corrected chi connectivity index (χ2v) is 4.98. The molecule has 1 aromatic heterocycles. The van der Waals surface area contributed by atoms with E-state index in [0.29, 0.717) is 12.5 Å². The van der Waals surface area contributed by atoms with E-state index in [1.165, 1.54) is 10.4 Å². The van der Waals surface area contributed by atoms with Crippen molar-refractivity contribution < 1.29 is 0 Å². The Bertz CT molecular complexity index is 419. The molecule has 94 valence electrons. The summed E-state index contributed by atoms with van der Waals surface area (Å²) in [6.45, 7) is 2.74. The average molecular weight is 253 g/mol. The van der Waals surface area contributed by atoms with Crippen LogP contribution in [-0.4, -0.2) is 37.5 Å². The van der Waals surface area contributed by atoms with E-state index in [1.54, 1.807) is 30.3 Å². The molecular weight excluding hydrogens is 234 g/mol. The molecule has 4 N–H and O–H groups in total. The van der Waals surface area contributed by atoms with Gasteiger partial charge >= 0.3 is 0 Å². The SMILES string of the molecule is Cc1sccc1CCN=C(N)N=C(N)N(C)C. The first-order valence-corrected chi connectivity index (χ1v) is 6.23. The van der Waals surface area contributed by atoms with Gasteiger partial charge in [-0.25, -0.2) is 0 Å². The third-order valence-corrected chi connectivity index (χ3v) is 3.20. The van der Waals surface area contributed by atoms with Gasteiger partial charge in [0.1, 0.15) is 0 Å². The minimum absolute atomic E-state index is 0.226. The van der Waals surface area contributed by atoms with E-state index in [-0.39, 0.29) is 5.96 Å². The van der Waals surface area contributed by atoms with Crippen molar-refractivity contribution in [2.75, 3.05) is 20.6 Å². The van der Waals surface area contributed by atoms with E-state index in [4.69, 9.17) is 11.5 Å². The molecule has 5 nitrogen and oxygen atoms in total. The lowest BCUT2D eigenvalue weighted by atomic mass is 10.2. The second kappa shape index (κ2) is 6.24. The number of hydrogen-bond acceptors (Lipinski definition) is 2. The van der Waals surface area contributed by atoms with Gasteiger partial charge in [-0.1, -0.05) is 0 Å². The van der Waals surface area contributed by atoms with Crippen LogP contribution in [0.1, 0.15) is 10.4 Å². The Morgan fingerprint density at radius 2 is 2.12 bits per heavy atom. The van der Waals surface area contributed by atoms with Crippen LogP contribution in [0.25, 0.3) is 0 Å². The number of aliphatic imine (C=N–C) groups is 2. The van der Waals surface area contributed by atoms with Crippen LogP contribution in [-0.2, 0) is 6.42 Å². The third kappa shape index (κ3) is 4.44. The first-order chi connectivity index (χ1) is 8.00. The zero-order chi connectivity index (χ0) is 12.8. The molecule has 0 unspecified atom stereocenters. The van der Waals surface area contributed by atoms with Gasteiger partial charge in [-0.3, -0.25) is 4.99 Å². The van der Waals surface area contributed by atoms with Crippen molar-refractivity contribution in [3.63, 3.8) is 0 Å². The molecule has 0 aliphatic rings. The molecule has 0 saturated heterocycles. The summed E-state index contributed by atoms with van der Waals surface area (Å²) in [5.41, 5.74) is 12.6. The highest BCUT2D eigenvalue weighted by Crippen LogP contribution is 2.15. The third-order valence-electron chi connectivity index (χ3n) is 2.31. The largest absolute Gasteiger partial charge is 0.369 e. The summed E-state index contributed by atoms with van der Waals surface area (Å²) in [5.74, 6) is 0.585. The molecule has 6 heteroatoms. The summed E-state index contributed by atoms with van der Waals surface area (Å²) in [4.78, 5) is 11.2. The van der Waals surface area contributed by atoms with E-state index in [2.05, 4.69) is 28.4 Å². The smallest absolute Gasteiger partial charge is 0.218 e. The van der Waals surface area contributed by atoms with Gasteiger partial charge in [0.2, 0.25) is 5.96 Å². The van der Waals surface area contributed by atoms with E-state index < -0.39 is 0 Å². The van der Waals surface area contributed by atoms with Crippen molar-refractivity contribution in [3.05, 3.63) is 21.9 Å². The molecule has 0 amide bonds. The summed E-state index contributed by atoms with van der Waals surface area (Å²) in [6.07, 6.45) is 0.882. The first kappa shape index (κ1) is 13.5. The van der Waals surface area contributed by atoms with E-state index in [9.17, 15) is 0 Å². The minimum Gasteiger partial charge on any atom is -0.369 e. The van der Waals surface area contributed by atoms with Gasteiger partial charge < -0.3 is 16.4 Å². The van der Waals surface area contributed by atoms with Crippen molar-refractivity contribution in [1.82, 2.24) is 4.90 Å². The Morgan fingerprint density at radius 1 is 1.41 bits per heavy atom. The first-order valence-electron chi connectivity index (χ1n) is 5.35.